The number of rotatable bonds is 5. The molecule has 4 rings (SSSR count). The van der Waals surface area contributed by atoms with E-state index in [0.717, 1.165) is 54.6 Å². The molecule has 0 atom stereocenters. The maximum Gasteiger partial charge on any atom is 0.270 e. The molecular formula is C23H29N5O2S. The van der Waals surface area contributed by atoms with Crippen molar-refractivity contribution in [2.24, 2.45) is 0 Å². The number of amides is 1. The van der Waals surface area contributed by atoms with Crippen LogP contribution in [-0.2, 0) is 4.79 Å². The number of pyridine rings is 1. The summed E-state index contributed by atoms with van der Waals surface area (Å²) in [4.78, 5) is 22.1. The second kappa shape index (κ2) is 10.3. The SMILES string of the molecule is CN1CCCN(c2ccc(-c3ccc(SN4CC=C(C(=O)NO)CC4)cc3)cn2)CC1. The first-order valence-corrected chi connectivity index (χ1v) is 11.5. The zero-order chi connectivity index (χ0) is 21.6. The summed E-state index contributed by atoms with van der Waals surface area (Å²) in [5, 5.41) is 8.74. The third-order valence-electron chi connectivity index (χ3n) is 5.78. The second-order valence-corrected chi connectivity index (χ2v) is 9.14. The number of anilines is 1. The predicted molar refractivity (Wildman–Crippen MR) is 124 cm³/mol. The summed E-state index contributed by atoms with van der Waals surface area (Å²) in [6.45, 7) is 5.74. The van der Waals surface area contributed by atoms with Crippen molar-refractivity contribution >= 4 is 23.7 Å². The van der Waals surface area contributed by atoms with Gasteiger partial charge in [0.25, 0.3) is 5.91 Å². The number of aromatic nitrogens is 1. The number of carbonyl (C=O) groups is 1. The predicted octanol–water partition coefficient (Wildman–Crippen LogP) is 3.04. The van der Waals surface area contributed by atoms with Crippen molar-refractivity contribution in [3.05, 3.63) is 54.2 Å². The fourth-order valence-electron chi connectivity index (χ4n) is 3.89. The molecule has 3 heterocycles. The third-order valence-corrected chi connectivity index (χ3v) is 6.85. The van der Waals surface area contributed by atoms with Crippen molar-refractivity contribution < 1.29 is 10.0 Å². The van der Waals surface area contributed by atoms with Gasteiger partial charge >= 0.3 is 0 Å². The highest BCUT2D eigenvalue weighted by atomic mass is 32.2. The molecular weight excluding hydrogens is 410 g/mol. The van der Waals surface area contributed by atoms with E-state index in [0.29, 0.717) is 18.5 Å². The van der Waals surface area contributed by atoms with E-state index in [4.69, 9.17) is 10.2 Å². The molecule has 2 aromatic rings. The molecule has 0 bridgehead atoms. The van der Waals surface area contributed by atoms with Crippen LogP contribution in [0.3, 0.4) is 0 Å². The van der Waals surface area contributed by atoms with Crippen molar-refractivity contribution in [3.8, 4) is 11.1 Å². The molecule has 0 spiro atoms. The first-order valence-electron chi connectivity index (χ1n) is 10.7. The van der Waals surface area contributed by atoms with Crippen LogP contribution in [0.15, 0.2) is 59.1 Å². The van der Waals surface area contributed by atoms with E-state index in [1.54, 1.807) is 17.4 Å². The number of hydroxylamine groups is 1. The highest BCUT2D eigenvalue weighted by Gasteiger charge is 2.17. The van der Waals surface area contributed by atoms with Crippen molar-refractivity contribution in [2.45, 2.75) is 17.7 Å². The molecule has 0 unspecified atom stereocenters. The summed E-state index contributed by atoms with van der Waals surface area (Å²) in [6.07, 6.45) is 5.63. The van der Waals surface area contributed by atoms with Crippen LogP contribution in [0.5, 0.6) is 0 Å². The minimum atomic E-state index is -0.406. The molecule has 0 aliphatic carbocycles. The van der Waals surface area contributed by atoms with E-state index >= 15 is 0 Å². The van der Waals surface area contributed by atoms with Crippen molar-refractivity contribution in [3.63, 3.8) is 0 Å². The Labute approximate surface area is 187 Å². The minimum Gasteiger partial charge on any atom is -0.355 e. The Balaban J connectivity index is 1.35. The van der Waals surface area contributed by atoms with Gasteiger partial charge in [-0.2, -0.15) is 0 Å². The molecule has 7 nitrogen and oxygen atoms in total. The van der Waals surface area contributed by atoms with Crippen LogP contribution in [0.2, 0.25) is 0 Å². The highest BCUT2D eigenvalue weighted by molar-refractivity contribution is 7.97. The molecule has 164 valence electrons. The molecule has 8 heteroatoms. The number of benzene rings is 1. The number of hydrogen-bond donors (Lipinski definition) is 2. The molecule has 31 heavy (non-hydrogen) atoms. The van der Waals surface area contributed by atoms with Crippen LogP contribution in [0, 0.1) is 0 Å². The molecule has 1 saturated heterocycles. The molecule has 1 fully saturated rings. The summed E-state index contributed by atoms with van der Waals surface area (Å²) in [5.41, 5.74) is 4.61. The first kappa shape index (κ1) is 21.8. The van der Waals surface area contributed by atoms with Gasteiger partial charge in [-0.05, 0) is 68.2 Å². The lowest BCUT2D eigenvalue weighted by Crippen LogP contribution is -2.29. The van der Waals surface area contributed by atoms with Gasteiger partial charge < -0.3 is 9.80 Å². The minimum absolute atomic E-state index is 0.406. The Hall–Kier alpha value is -2.39. The molecule has 0 radical (unpaired) electrons. The quantitative estimate of drug-likeness (QED) is 0.421. The topological polar surface area (TPSA) is 71.9 Å². The Bertz CT molecular complexity index is 917. The van der Waals surface area contributed by atoms with Gasteiger partial charge in [-0.3, -0.25) is 10.0 Å². The van der Waals surface area contributed by atoms with Gasteiger partial charge in [-0.25, -0.2) is 14.8 Å². The normalized spacial score (nSPS) is 18.4. The largest absolute Gasteiger partial charge is 0.355 e. The van der Waals surface area contributed by atoms with Crippen LogP contribution in [-0.4, -0.2) is 71.6 Å². The van der Waals surface area contributed by atoms with Crippen molar-refractivity contribution in [1.82, 2.24) is 19.7 Å². The van der Waals surface area contributed by atoms with Crippen LogP contribution in [0.25, 0.3) is 11.1 Å². The fraction of sp³-hybridized carbons (Fsp3) is 0.391. The lowest BCUT2D eigenvalue weighted by Gasteiger charge is -2.24. The van der Waals surface area contributed by atoms with Gasteiger partial charge in [-0.1, -0.05) is 18.2 Å². The summed E-state index contributed by atoms with van der Waals surface area (Å²) < 4.78 is 2.21. The van der Waals surface area contributed by atoms with Crippen molar-refractivity contribution in [2.75, 3.05) is 51.2 Å². The summed E-state index contributed by atoms with van der Waals surface area (Å²) in [5.74, 6) is 0.649. The average Bonchev–Trinajstić information content (AvgIpc) is 3.04. The van der Waals surface area contributed by atoms with Crippen LogP contribution in [0.1, 0.15) is 12.8 Å². The van der Waals surface area contributed by atoms with Gasteiger partial charge in [0.05, 0.1) is 0 Å². The zero-order valence-corrected chi connectivity index (χ0v) is 18.6. The fourth-order valence-corrected chi connectivity index (χ4v) is 4.78. The first-order chi connectivity index (χ1) is 15.1. The smallest absolute Gasteiger partial charge is 0.270 e. The van der Waals surface area contributed by atoms with Gasteiger partial charge in [-0.15, -0.1) is 0 Å². The number of nitrogens with one attached hydrogen (secondary N) is 1. The lowest BCUT2D eigenvalue weighted by molar-refractivity contribution is -0.125. The molecule has 0 saturated carbocycles. The van der Waals surface area contributed by atoms with E-state index in [1.165, 1.54) is 6.42 Å². The number of hydrogen-bond acceptors (Lipinski definition) is 7. The van der Waals surface area contributed by atoms with E-state index in [1.807, 2.05) is 12.3 Å². The number of carbonyl (C=O) groups excluding carboxylic acids is 1. The second-order valence-electron chi connectivity index (χ2n) is 7.97. The summed E-state index contributed by atoms with van der Waals surface area (Å²) in [6, 6.07) is 12.8. The Morgan fingerprint density at radius 3 is 2.52 bits per heavy atom. The molecule has 2 aliphatic heterocycles. The number of nitrogens with zero attached hydrogens (tertiary/aromatic N) is 4. The monoisotopic (exact) mass is 439 g/mol. The summed E-state index contributed by atoms with van der Waals surface area (Å²) >= 11 is 1.68. The van der Waals surface area contributed by atoms with Gasteiger partial charge in [0.1, 0.15) is 5.82 Å². The van der Waals surface area contributed by atoms with E-state index in [-0.39, 0.29) is 0 Å². The van der Waals surface area contributed by atoms with Crippen LogP contribution < -0.4 is 10.4 Å². The van der Waals surface area contributed by atoms with Crippen LogP contribution >= 0.6 is 11.9 Å². The van der Waals surface area contributed by atoms with Gasteiger partial charge in [0.15, 0.2) is 0 Å². The average molecular weight is 440 g/mol. The lowest BCUT2D eigenvalue weighted by atomic mass is 10.1. The van der Waals surface area contributed by atoms with Gasteiger partial charge in [0, 0.05) is 55.0 Å². The van der Waals surface area contributed by atoms with Gasteiger partial charge in [0.2, 0.25) is 0 Å². The molecule has 1 aromatic carbocycles. The van der Waals surface area contributed by atoms with E-state index in [2.05, 4.69) is 57.6 Å². The maximum atomic E-state index is 11.5. The Morgan fingerprint density at radius 1 is 1.03 bits per heavy atom. The highest BCUT2D eigenvalue weighted by Crippen LogP contribution is 2.29. The molecule has 2 aliphatic rings. The van der Waals surface area contributed by atoms with E-state index in [9.17, 15) is 4.79 Å². The Morgan fingerprint density at radius 2 is 1.84 bits per heavy atom. The summed E-state index contributed by atoms with van der Waals surface area (Å²) in [7, 11) is 2.18. The maximum absolute atomic E-state index is 11.5. The zero-order valence-electron chi connectivity index (χ0n) is 17.8. The van der Waals surface area contributed by atoms with Crippen molar-refractivity contribution in [1.29, 1.82) is 0 Å². The van der Waals surface area contributed by atoms with E-state index < -0.39 is 5.91 Å². The van der Waals surface area contributed by atoms with Crippen LogP contribution in [0.4, 0.5) is 5.82 Å². The Kier molecular flexibility index (Phi) is 7.24. The molecule has 1 aromatic heterocycles. The third kappa shape index (κ3) is 5.65. The number of likely N-dealkylation sites (N-methyl/N-ethyl adjacent to an activating group) is 1. The molecule has 1 amide bonds. The molecule has 2 N–H and O–H groups in total. The standard InChI is InChI=1S/C23H29N5O2S/c1-26-11-2-12-27(16-15-26)22-8-5-20(17-24-22)18-3-6-21(7-4-18)31-28-13-9-19(10-14-28)23(29)25-30/h3-9,17,30H,2,10-16H2,1H3,(H,25,29).